The average molecular weight is 318 g/mol. The Morgan fingerprint density at radius 2 is 2.00 bits per heavy atom. The highest BCUT2D eigenvalue weighted by atomic mass is 16.2. The van der Waals surface area contributed by atoms with Crippen molar-refractivity contribution in [1.82, 2.24) is 20.2 Å². The highest BCUT2D eigenvalue weighted by molar-refractivity contribution is 5.82. The van der Waals surface area contributed by atoms with Crippen LogP contribution in [0.15, 0.2) is 6.20 Å². The summed E-state index contributed by atoms with van der Waals surface area (Å²) in [6, 6.07) is -0.0673. The first-order chi connectivity index (χ1) is 11.1. The third-order valence-corrected chi connectivity index (χ3v) is 4.88. The van der Waals surface area contributed by atoms with Crippen LogP contribution in [0.2, 0.25) is 0 Å². The van der Waals surface area contributed by atoms with Crippen molar-refractivity contribution >= 4 is 11.8 Å². The molecule has 3 rings (SSSR count). The molecule has 2 heterocycles. The lowest BCUT2D eigenvalue weighted by Gasteiger charge is -2.32. The fraction of sp³-hybridized carbons (Fsp3) is 0.706. The van der Waals surface area contributed by atoms with E-state index >= 15 is 0 Å². The summed E-state index contributed by atoms with van der Waals surface area (Å²) >= 11 is 0. The zero-order chi connectivity index (χ0) is 16.4. The predicted molar refractivity (Wildman–Crippen MR) is 86.5 cm³/mol. The number of piperidine rings is 1. The third-order valence-electron chi connectivity index (χ3n) is 4.88. The lowest BCUT2D eigenvalue weighted by atomic mass is 9.95. The number of rotatable bonds is 5. The smallest absolute Gasteiger partial charge is 0.225 e. The second-order valence-corrected chi connectivity index (χ2v) is 6.79. The van der Waals surface area contributed by atoms with E-state index in [-0.39, 0.29) is 23.8 Å². The average Bonchev–Trinajstić information content (AvgIpc) is 3.33. The minimum atomic E-state index is -0.0673. The van der Waals surface area contributed by atoms with E-state index in [1.165, 1.54) is 0 Å². The molecule has 126 valence electrons. The van der Waals surface area contributed by atoms with E-state index in [4.69, 9.17) is 0 Å². The number of carbonyl (C=O) groups is 2. The van der Waals surface area contributed by atoms with Gasteiger partial charge in [0.05, 0.1) is 6.04 Å². The van der Waals surface area contributed by atoms with Gasteiger partial charge in [0.25, 0.3) is 0 Å². The molecular formula is C17H26N4O2. The molecule has 6 nitrogen and oxygen atoms in total. The maximum atomic E-state index is 12.5. The number of aromatic nitrogens is 2. The van der Waals surface area contributed by atoms with Gasteiger partial charge in [-0.1, -0.05) is 6.92 Å². The number of imidazole rings is 1. The molecule has 1 aromatic rings. The maximum Gasteiger partial charge on any atom is 0.225 e. The van der Waals surface area contributed by atoms with Gasteiger partial charge in [0.2, 0.25) is 11.8 Å². The zero-order valence-corrected chi connectivity index (χ0v) is 14.0. The van der Waals surface area contributed by atoms with E-state index in [1.54, 1.807) is 6.20 Å². The first-order valence-corrected chi connectivity index (χ1v) is 8.69. The van der Waals surface area contributed by atoms with Crippen molar-refractivity contribution < 1.29 is 9.59 Å². The van der Waals surface area contributed by atoms with E-state index in [1.807, 2.05) is 18.7 Å². The number of hydrogen-bond acceptors (Lipinski definition) is 3. The number of nitrogens with one attached hydrogen (secondary N) is 2. The quantitative estimate of drug-likeness (QED) is 0.871. The normalized spacial score (nSPS) is 20.3. The largest absolute Gasteiger partial charge is 0.346 e. The van der Waals surface area contributed by atoms with Crippen LogP contribution in [0.4, 0.5) is 0 Å². The standard InChI is InChI=1S/C17H26N4O2/c1-3-14(15-18-10-11(2)19-15)20-16(22)12-6-8-21(9-7-12)17(23)13-4-5-13/h10,12-14H,3-9H2,1-2H3,(H,18,19)(H,20,22). The van der Waals surface area contributed by atoms with Crippen molar-refractivity contribution in [3.8, 4) is 0 Å². The molecule has 0 aromatic carbocycles. The van der Waals surface area contributed by atoms with Gasteiger partial charge in [-0.2, -0.15) is 0 Å². The molecule has 1 aromatic heterocycles. The van der Waals surface area contributed by atoms with Crippen LogP contribution in [0.5, 0.6) is 0 Å². The van der Waals surface area contributed by atoms with Gasteiger partial charge in [-0.05, 0) is 39.0 Å². The fourth-order valence-corrected chi connectivity index (χ4v) is 3.21. The van der Waals surface area contributed by atoms with Crippen molar-refractivity contribution in [1.29, 1.82) is 0 Å². The number of hydrogen-bond donors (Lipinski definition) is 2. The molecule has 1 saturated carbocycles. The Hall–Kier alpha value is -1.85. The molecule has 2 aliphatic rings. The molecule has 0 bridgehead atoms. The predicted octanol–water partition coefficient (Wildman–Crippen LogP) is 1.93. The Morgan fingerprint density at radius 1 is 1.30 bits per heavy atom. The van der Waals surface area contributed by atoms with Gasteiger partial charge in [0.1, 0.15) is 5.82 Å². The second kappa shape index (κ2) is 6.72. The fourth-order valence-electron chi connectivity index (χ4n) is 3.21. The van der Waals surface area contributed by atoms with Crippen LogP contribution < -0.4 is 5.32 Å². The van der Waals surface area contributed by atoms with Crippen molar-refractivity contribution in [2.45, 2.75) is 52.0 Å². The Bertz CT molecular complexity index is 571. The maximum absolute atomic E-state index is 12.5. The summed E-state index contributed by atoms with van der Waals surface area (Å²) in [5, 5.41) is 3.11. The first-order valence-electron chi connectivity index (χ1n) is 8.69. The number of amides is 2. The Balaban J connectivity index is 1.51. The van der Waals surface area contributed by atoms with E-state index < -0.39 is 0 Å². The molecule has 0 spiro atoms. The molecule has 1 unspecified atom stereocenters. The Kier molecular flexibility index (Phi) is 4.68. The molecule has 2 N–H and O–H groups in total. The highest BCUT2D eigenvalue weighted by Crippen LogP contribution is 2.32. The number of aryl methyl sites for hydroxylation is 1. The Morgan fingerprint density at radius 3 is 2.52 bits per heavy atom. The van der Waals surface area contributed by atoms with Crippen LogP contribution in [0.25, 0.3) is 0 Å². The topological polar surface area (TPSA) is 78.1 Å². The summed E-state index contributed by atoms with van der Waals surface area (Å²) in [6.07, 6.45) is 6.19. The molecule has 0 radical (unpaired) electrons. The molecule has 2 amide bonds. The monoisotopic (exact) mass is 318 g/mol. The van der Waals surface area contributed by atoms with Gasteiger partial charge < -0.3 is 15.2 Å². The van der Waals surface area contributed by atoms with Gasteiger partial charge in [-0.3, -0.25) is 9.59 Å². The first kappa shape index (κ1) is 16.0. The summed E-state index contributed by atoms with van der Waals surface area (Å²) in [5.74, 6) is 1.47. The van der Waals surface area contributed by atoms with Crippen LogP contribution in [-0.2, 0) is 9.59 Å². The summed E-state index contributed by atoms with van der Waals surface area (Å²) in [6.45, 7) is 5.42. The minimum absolute atomic E-state index is 0.00311. The van der Waals surface area contributed by atoms with Crippen molar-refractivity contribution in [3.05, 3.63) is 17.7 Å². The second-order valence-electron chi connectivity index (χ2n) is 6.79. The zero-order valence-electron chi connectivity index (χ0n) is 14.0. The van der Waals surface area contributed by atoms with Crippen LogP contribution in [0.3, 0.4) is 0 Å². The molecular weight excluding hydrogens is 292 g/mol. The van der Waals surface area contributed by atoms with Crippen LogP contribution in [0.1, 0.15) is 56.6 Å². The van der Waals surface area contributed by atoms with Crippen LogP contribution in [0, 0.1) is 18.8 Å². The van der Waals surface area contributed by atoms with Gasteiger partial charge in [-0.25, -0.2) is 4.98 Å². The van der Waals surface area contributed by atoms with Crippen LogP contribution >= 0.6 is 0 Å². The van der Waals surface area contributed by atoms with Gasteiger partial charge in [-0.15, -0.1) is 0 Å². The molecule has 1 aliphatic heterocycles. The van der Waals surface area contributed by atoms with Gasteiger partial charge >= 0.3 is 0 Å². The lowest BCUT2D eigenvalue weighted by Crippen LogP contribution is -2.44. The number of likely N-dealkylation sites (tertiary alicyclic amines) is 1. The van der Waals surface area contributed by atoms with E-state index in [2.05, 4.69) is 15.3 Å². The Labute approximate surface area is 137 Å². The molecule has 23 heavy (non-hydrogen) atoms. The molecule has 2 fully saturated rings. The van der Waals surface area contributed by atoms with Crippen molar-refractivity contribution in [2.24, 2.45) is 11.8 Å². The van der Waals surface area contributed by atoms with Crippen molar-refractivity contribution in [2.75, 3.05) is 13.1 Å². The molecule has 1 aliphatic carbocycles. The summed E-state index contributed by atoms with van der Waals surface area (Å²) < 4.78 is 0. The summed E-state index contributed by atoms with van der Waals surface area (Å²) in [5.41, 5.74) is 1.000. The molecule has 1 atom stereocenters. The summed E-state index contributed by atoms with van der Waals surface area (Å²) in [4.78, 5) is 34.0. The number of aromatic amines is 1. The van der Waals surface area contributed by atoms with Gasteiger partial charge in [0, 0.05) is 36.8 Å². The van der Waals surface area contributed by atoms with Crippen molar-refractivity contribution in [3.63, 3.8) is 0 Å². The van der Waals surface area contributed by atoms with Gasteiger partial charge in [0.15, 0.2) is 0 Å². The number of H-pyrrole nitrogens is 1. The van der Waals surface area contributed by atoms with Crippen LogP contribution in [-0.4, -0.2) is 39.8 Å². The van der Waals surface area contributed by atoms with E-state index in [9.17, 15) is 9.59 Å². The third kappa shape index (κ3) is 3.74. The molecule has 6 heteroatoms. The van der Waals surface area contributed by atoms with E-state index in [0.717, 1.165) is 43.6 Å². The summed E-state index contributed by atoms with van der Waals surface area (Å²) in [7, 11) is 0. The SMILES string of the molecule is CCC(NC(=O)C1CCN(C(=O)C2CC2)CC1)c1ncc(C)[nH]1. The highest BCUT2D eigenvalue weighted by Gasteiger charge is 2.36. The minimum Gasteiger partial charge on any atom is -0.346 e. The lowest BCUT2D eigenvalue weighted by molar-refractivity contribution is -0.136. The number of nitrogens with zero attached hydrogens (tertiary/aromatic N) is 2. The number of carbonyl (C=O) groups excluding carboxylic acids is 2. The molecule has 1 saturated heterocycles. The van der Waals surface area contributed by atoms with E-state index in [0.29, 0.717) is 19.0 Å².